The molecule has 7 heteroatoms. The maximum absolute atomic E-state index is 15.0. The van der Waals surface area contributed by atoms with Gasteiger partial charge in [-0.1, -0.05) is 18.7 Å². The fourth-order valence-corrected chi connectivity index (χ4v) is 4.37. The fraction of sp³-hybridized carbons (Fsp3) is 0.280. The van der Waals surface area contributed by atoms with Gasteiger partial charge in [0.25, 0.3) is 0 Å². The van der Waals surface area contributed by atoms with Crippen LogP contribution in [0.1, 0.15) is 11.1 Å². The zero-order valence-electron chi connectivity index (χ0n) is 18.2. The van der Waals surface area contributed by atoms with E-state index in [4.69, 9.17) is 10.7 Å². The predicted octanol–water partition coefficient (Wildman–Crippen LogP) is 3.40. The van der Waals surface area contributed by atoms with Crippen molar-refractivity contribution in [1.82, 2.24) is 20.2 Å². The number of nitrogen functional groups attached to an aromatic ring is 1. The normalized spacial score (nSPS) is 16.6. The van der Waals surface area contributed by atoms with Gasteiger partial charge in [0.05, 0.1) is 11.9 Å². The largest absolute Gasteiger partial charge is 0.385 e. The van der Waals surface area contributed by atoms with Crippen molar-refractivity contribution in [2.24, 2.45) is 0 Å². The van der Waals surface area contributed by atoms with Crippen LogP contribution in [0.15, 0.2) is 49.2 Å². The Bertz CT molecular complexity index is 1170. The second-order valence-electron chi connectivity index (χ2n) is 8.47. The number of likely N-dealkylation sites (N-methyl/N-ethyl adjacent to an activating group) is 1. The first-order valence-corrected chi connectivity index (χ1v) is 10.9. The van der Waals surface area contributed by atoms with E-state index in [9.17, 15) is 0 Å². The molecular formula is C25H27FN6. The summed E-state index contributed by atoms with van der Waals surface area (Å²) < 4.78 is 15.0. The molecule has 3 N–H and O–H groups in total. The highest BCUT2D eigenvalue weighted by molar-refractivity contribution is 5.77. The lowest BCUT2D eigenvalue weighted by atomic mass is 9.94. The molecule has 3 heterocycles. The van der Waals surface area contributed by atoms with Crippen LogP contribution in [0, 0.1) is 5.82 Å². The summed E-state index contributed by atoms with van der Waals surface area (Å²) in [5.41, 5.74) is 12.2. The molecule has 0 spiro atoms. The molecule has 0 amide bonds. The zero-order chi connectivity index (χ0) is 22.2. The Kier molecular flexibility index (Phi) is 5.27. The Hall–Kier alpha value is -3.45. The van der Waals surface area contributed by atoms with Gasteiger partial charge >= 0.3 is 0 Å². The molecule has 32 heavy (non-hydrogen) atoms. The molecule has 0 unspecified atom stereocenters. The van der Waals surface area contributed by atoms with E-state index in [0.29, 0.717) is 17.0 Å². The van der Waals surface area contributed by atoms with Crippen LogP contribution in [-0.2, 0) is 6.42 Å². The monoisotopic (exact) mass is 430 g/mol. The Morgan fingerprint density at radius 3 is 2.56 bits per heavy atom. The number of nitrogens with two attached hydrogens (primary N) is 1. The Morgan fingerprint density at radius 1 is 1.06 bits per heavy atom. The molecule has 0 bridgehead atoms. The number of rotatable bonds is 3. The minimum Gasteiger partial charge on any atom is -0.385 e. The lowest BCUT2D eigenvalue weighted by Gasteiger charge is -2.34. The standard InChI is InChI=1S/C25H27FN6/c1-16-20-14-22(26)21(13-18(20)7-8-28-16)24-25(27)29-15-23(30-24)17-3-5-19(6-4-17)32-11-9-31(2)10-12-32/h3-6,13-15,28H,1,7-12H2,2H3,(H2,27,29). The SMILES string of the molecule is C=C1NCCc2cc(-c3nc(-c4ccc(N5CCN(C)CC5)cc4)cnc3N)c(F)cc21. The maximum Gasteiger partial charge on any atom is 0.150 e. The van der Waals surface area contributed by atoms with Crippen LogP contribution in [0.5, 0.6) is 0 Å². The van der Waals surface area contributed by atoms with Crippen molar-refractivity contribution in [2.45, 2.75) is 6.42 Å². The molecule has 0 radical (unpaired) electrons. The van der Waals surface area contributed by atoms with E-state index in [1.807, 2.05) is 18.2 Å². The van der Waals surface area contributed by atoms with Crippen molar-refractivity contribution in [3.63, 3.8) is 0 Å². The minimum atomic E-state index is -0.378. The van der Waals surface area contributed by atoms with Crippen LogP contribution in [0.2, 0.25) is 0 Å². The van der Waals surface area contributed by atoms with Crippen LogP contribution < -0.4 is 16.0 Å². The molecule has 2 aliphatic rings. The summed E-state index contributed by atoms with van der Waals surface area (Å²) in [5.74, 6) is -0.161. The van der Waals surface area contributed by atoms with Gasteiger partial charge < -0.3 is 20.9 Å². The molecule has 0 saturated carbocycles. The summed E-state index contributed by atoms with van der Waals surface area (Å²) in [7, 11) is 2.15. The third-order valence-electron chi connectivity index (χ3n) is 6.34. The molecule has 1 saturated heterocycles. The molecule has 6 nitrogen and oxygen atoms in total. The van der Waals surface area contributed by atoms with E-state index in [2.05, 4.69) is 45.9 Å². The van der Waals surface area contributed by atoms with Crippen molar-refractivity contribution < 1.29 is 4.39 Å². The number of anilines is 2. The molecule has 3 aromatic rings. The molecule has 0 atom stereocenters. The van der Waals surface area contributed by atoms with Gasteiger partial charge in [-0.3, -0.25) is 0 Å². The lowest BCUT2D eigenvalue weighted by Crippen LogP contribution is -2.44. The second-order valence-corrected chi connectivity index (χ2v) is 8.47. The summed E-state index contributed by atoms with van der Waals surface area (Å²) in [6, 6.07) is 11.6. The van der Waals surface area contributed by atoms with Crippen LogP contribution in [0.3, 0.4) is 0 Å². The van der Waals surface area contributed by atoms with Gasteiger partial charge in [0.15, 0.2) is 0 Å². The number of benzene rings is 2. The van der Waals surface area contributed by atoms with E-state index < -0.39 is 0 Å². The number of hydrogen-bond donors (Lipinski definition) is 2. The summed E-state index contributed by atoms with van der Waals surface area (Å²) in [5, 5.41) is 3.18. The van der Waals surface area contributed by atoms with E-state index in [-0.39, 0.29) is 11.6 Å². The maximum atomic E-state index is 15.0. The molecule has 0 aliphatic carbocycles. The van der Waals surface area contributed by atoms with Crippen molar-refractivity contribution in [3.05, 3.63) is 66.1 Å². The average molecular weight is 431 g/mol. The minimum absolute atomic E-state index is 0.217. The van der Waals surface area contributed by atoms with E-state index in [1.54, 1.807) is 6.20 Å². The summed E-state index contributed by atoms with van der Waals surface area (Å²) in [4.78, 5) is 13.8. The van der Waals surface area contributed by atoms with Crippen molar-refractivity contribution >= 4 is 17.2 Å². The Morgan fingerprint density at radius 2 is 1.81 bits per heavy atom. The van der Waals surface area contributed by atoms with Crippen molar-refractivity contribution in [2.75, 3.05) is 50.4 Å². The number of fused-ring (bicyclic) bond motifs is 1. The van der Waals surface area contributed by atoms with Crippen molar-refractivity contribution in [3.8, 4) is 22.5 Å². The van der Waals surface area contributed by atoms with Gasteiger partial charge in [0.1, 0.15) is 17.3 Å². The van der Waals surface area contributed by atoms with Gasteiger partial charge in [0.2, 0.25) is 0 Å². The quantitative estimate of drug-likeness (QED) is 0.664. The predicted molar refractivity (Wildman–Crippen MR) is 128 cm³/mol. The number of halogens is 1. The van der Waals surface area contributed by atoms with Crippen LogP contribution in [0.4, 0.5) is 15.9 Å². The second kappa shape index (κ2) is 8.24. The Balaban J connectivity index is 1.46. The summed E-state index contributed by atoms with van der Waals surface area (Å²) in [6.07, 6.45) is 2.44. The van der Waals surface area contributed by atoms with Gasteiger partial charge in [-0.2, -0.15) is 0 Å². The van der Waals surface area contributed by atoms with Gasteiger partial charge in [-0.15, -0.1) is 0 Å². The summed E-state index contributed by atoms with van der Waals surface area (Å²) >= 11 is 0. The van der Waals surface area contributed by atoms with Crippen LogP contribution >= 0.6 is 0 Å². The molecule has 2 aromatic carbocycles. The highest BCUT2D eigenvalue weighted by Crippen LogP contribution is 2.33. The highest BCUT2D eigenvalue weighted by atomic mass is 19.1. The molecular weight excluding hydrogens is 403 g/mol. The van der Waals surface area contributed by atoms with E-state index in [0.717, 1.165) is 61.5 Å². The van der Waals surface area contributed by atoms with E-state index in [1.165, 1.54) is 11.8 Å². The number of nitrogens with zero attached hydrogens (tertiary/aromatic N) is 4. The molecule has 164 valence electrons. The number of hydrogen-bond acceptors (Lipinski definition) is 6. The third kappa shape index (κ3) is 3.80. The zero-order valence-corrected chi connectivity index (χ0v) is 18.2. The topological polar surface area (TPSA) is 70.3 Å². The number of nitrogens with one attached hydrogen (secondary N) is 1. The van der Waals surface area contributed by atoms with Crippen molar-refractivity contribution in [1.29, 1.82) is 0 Å². The third-order valence-corrected chi connectivity index (χ3v) is 6.34. The first-order valence-electron chi connectivity index (χ1n) is 10.9. The number of aromatic nitrogens is 2. The molecule has 5 rings (SSSR count). The number of piperazine rings is 1. The lowest BCUT2D eigenvalue weighted by molar-refractivity contribution is 0.313. The van der Waals surface area contributed by atoms with Gasteiger partial charge in [-0.25, -0.2) is 14.4 Å². The van der Waals surface area contributed by atoms with Crippen LogP contribution in [-0.4, -0.2) is 54.6 Å². The molecule has 2 aliphatic heterocycles. The van der Waals surface area contributed by atoms with E-state index >= 15 is 4.39 Å². The smallest absolute Gasteiger partial charge is 0.150 e. The molecule has 1 fully saturated rings. The summed E-state index contributed by atoms with van der Waals surface area (Å²) in [6.45, 7) is 8.90. The van der Waals surface area contributed by atoms with Gasteiger partial charge in [0, 0.05) is 60.8 Å². The fourth-order valence-electron chi connectivity index (χ4n) is 4.37. The molecule has 1 aromatic heterocycles. The van der Waals surface area contributed by atoms with Gasteiger partial charge in [-0.05, 0) is 43.3 Å². The average Bonchev–Trinajstić information content (AvgIpc) is 2.81. The first-order chi connectivity index (χ1) is 15.5. The Labute approximate surface area is 187 Å². The first kappa shape index (κ1) is 20.5. The van der Waals surface area contributed by atoms with Crippen LogP contribution in [0.25, 0.3) is 28.2 Å². The highest BCUT2D eigenvalue weighted by Gasteiger charge is 2.20.